The van der Waals surface area contributed by atoms with E-state index in [0.717, 1.165) is 0 Å². The fourth-order valence-electron chi connectivity index (χ4n) is 0. The van der Waals surface area contributed by atoms with Crippen LogP contribution in [0, 0.1) is 0 Å². The zero-order chi connectivity index (χ0) is 5.41. The predicted molar refractivity (Wildman–Crippen MR) is 42.3 cm³/mol. The monoisotopic (exact) mass is 230 g/mol. The van der Waals surface area contributed by atoms with Gasteiger partial charge in [0.1, 0.15) is 0 Å². The van der Waals surface area contributed by atoms with Gasteiger partial charge in [-0.05, 0) is 6.92 Å². The Balaban J connectivity index is 0. The van der Waals surface area contributed by atoms with E-state index in [9.17, 15) is 0 Å². The molecule has 0 aromatic rings. The van der Waals surface area contributed by atoms with Gasteiger partial charge in [0.05, 0.1) is 0 Å². The van der Waals surface area contributed by atoms with Gasteiger partial charge in [-0.15, -0.1) is 37.2 Å². The lowest BCUT2D eigenvalue weighted by Crippen LogP contribution is -1.31. The van der Waals surface area contributed by atoms with Gasteiger partial charge >= 0.3 is 0 Å². The molecule has 0 N–H and O–H groups in total. The van der Waals surface area contributed by atoms with Crippen LogP contribution in [0.2, 0.25) is 0 Å². The van der Waals surface area contributed by atoms with Crippen LogP contribution in [-0.4, -0.2) is 6.76 Å². The minimum absolute atomic E-state index is 0.0417. The lowest BCUT2D eigenvalue weighted by Gasteiger charge is -1.40. The molecule has 38 valence electrons. The summed E-state index contributed by atoms with van der Waals surface area (Å²) in [6.07, 6.45) is 1.75. The normalized spacial score (nSPS) is 5.17. The maximum absolute atomic E-state index is 3.36. The summed E-state index contributed by atoms with van der Waals surface area (Å²) in [7, 11) is 0. The highest BCUT2D eigenvalue weighted by Crippen LogP contribution is 1.77. The molecule has 0 rings (SSSR count). The fourth-order valence-corrected chi connectivity index (χ4v) is 0. The first kappa shape index (κ1) is 10.0. The highest BCUT2D eigenvalue weighted by Gasteiger charge is 1.45. The molecule has 0 radical (unpaired) electrons. The first-order valence-corrected chi connectivity index (χ1v) is 9.32. The van der Waals surface area contributed by atoms with Gasteiger partial charge in [-0.3, -0.25) is 0 Å². The molecule has 0 bridgehead atoms. The Morgan fingerprint density at radius 2 is 1.67 bits per heavy atom. The van der Waals surface area contributed by atoms with E-state index in [1.165, 1.54) is 0 Å². The lowest BCUT2D eigenvalue weighted by atomic mass is 10.8. The van der Waals surface area contributed by atoms with E-state index in [2.05, 4.69) is 37.2 Å². The molecule has 0 amide bonds. The van der Waals surface area contributed by atoms with Crippen molar-refractivity contribution >= 4 is 37.3 Å². The summed E-state index contributed by atoms with van der Waals surface area (Å²) in [5.74, 6) is 0. The first-order chi connectivity index (χ1) is 2.83. The summed E-state index contributed by atoms with van der Waals surface area (Å²) >= 11 is 6.40. The van der Waals surface area contributed by atoms with Crippen molar-refractivity contribution < 1.29 is 0 Å². The number of hydrogen-bond donors (Lipinski definition) is 0. The lowest BCUT2D eigenvalue weighted by molar-refractivity contribution is 1.80. The molecule has 0 spiro atoms. The topological polar surface area (TPSA) is 0 Å². The van der Waals surface area contributed by atoms with E-state index in [0.29, 0.717) is 0 Å². The van der Waals surface area contributed by atoms with Gasteiger partial charge in [0.25, 0.3) is 0 Å². The Bertz CT molecular complexity index is 22.8. The highest BCUT2D eigenvalue weighted by molar-refractivity contribution is 9.47. The average molecular weight is 232 g/mol. The van der Waals surface area contributed by atoms with Gasteiger partial charge in [0.15, 0.2) is 6.76 Å². The van der Waals surface area contributed by atoms with Crippen LogP contribution >= 0.6 is 30.6 Å². The van der Waals surface area contributed by atoms with Crippen LogP contribution in [0.25, 0.3) is 0 Å². The summed E-state index contributed by atoms with van der Waals surface area (Å²) in [6.45, 7) is 5.29. The summed E-state index contributed by atoms with van der Waals surface area (Å²) in [5.41, 5.74) is 0. The summed E-state index contributed by atoms with van der Waals surface area (Å²) in [5, 5.41) is 0. The molecular weight excluding hydrogens is 224 g/mol. The molecule has 0 unspecified atom stereocenters. The summed E-state index contributed by atoms with van der Waals surface area (Å²) < 4.78 is 0. The smallest absolute Gasteiger partial charge is 0.120 e. The van der Waals surface area contributed by atoms with Crippen LogP contribution in [0.1, 0.15) is 6.92 Å². The van der Waals surface area contributed by atoms with Gasteiger partial charge in [-0.2, -0.15) is 0 Å². The molecule has 0 nitrogen and oxygen atoms in total. The number of hydrogen-bond acceptors (Lipinski definition) is 0. The van der Waals surface area contributed by atoms with Crippen molar-refractivity contribution in [3.8, 4) is 0 Å². The molecule has 0 fully saturated rings. The van der Waals surface area contributed by atoms with Crippen LogP contribution in [0.5, 0.6) is 0 Å². The molecule has 0 aromatic heterocycles. The SMILES string of the molecule is Br[SiH2]Br.C=CC. The van der Waals surface area contributed by atoms with E-state index >= 15 is 0 Å². The van der Waals surface area contributed by atoms with Crippen molar-refractivity contribution in [3.05, 3.63) is 12.7 Å². The molecule has 0 aliphatic heterocycles. The Labute approximate surface area is 57.0 Å². The van der Waals surface area contributed by atoms with E-state index in [1.807, 2.05) is 6.92 Å². The molecule has 0 aromatic carbocycles. The minimum Gasteiger partial charge on any atom is -0.120 e. The fraction of sp³-hybridized carbons (Fsp3) is 0.333. The van der Waals surface area contributed by atoms with Crippen LogP contribution < -0.4 is 0 Å². The van der Waals surface area contributed by atoms with Gasteiger partial charge in [0, 0.05) is 0 Å². The van der Waals surface area contributed by atoms with E-state index in [-0.39, 0.29) is 6.76 Å². The zero-order valence-corrected chi connectivity index (χ0v) is 8.33. The van der Waals surface area contributed by atoms with E-state index in [1.54, 1.807) is 6.08 Å². The van der Waals surface area contributed by atoms with E-state index in [4.69, 9.17) is 0 Å². The van der Waals surface area contributed by atoms with Crippen molar-refractivity contribution in [2.75, 3.05) is 0 Å². The molecular formula is C3H8Br2Si. The largest absolute Gasteiger partial charge is 0.171 e. The summed E-state index contributed by atoms with van der Waals surface area (Å²) in [6, 6.07) is 0. The maximum Gasteiger partial charge on any atom is 0.171 e. The third-order valence-corrected chi connectivity index (χ3v) is 0. The van der Waals surface area contributed by atoms with Crippen LogP contribution in [0.3, 0.4) is 0 Å². The quantitative estimate of drug-likeness (QED) is 0.340. The molecule has 3 heteroatoms. The Hall–Kier alpha value is 0.917. The molecule has 0 atom stereocenters. The number of halogens is 2. The molecule has 6 heavy (non-hydrogen) atoms. The van der Waals surface area contributed by atoms with Gasteiger partial charge < -0.3 is 0 Å². The number of rotatable bonds is 0. The third kappa shape index (κ3) is 89.7. The second-order valence-corrected chi connectivity index (χ2v) is 8.59. The highest BCUT2D eigenvalue weighted by atomic mass is 79.9. The Morgan fingerprint density at radius 1 is 1.67 bits per heavy atom. The molecule has 0 aliphatic rings. The van der Waals surface area contributed by atoms with Gasteiger partial charge in [0.2, 0.25) is 0 Å². The first-order valence-electron chi connectivity index (χ1n) is 1.52. The van der Waals surface area contributed by atoms with Crippen LogP contribution in [0.15, 0.2) is 12.7 Å². The van der Waals surface area contributed by atoms with Gasteiger partial charge in [-0.1, -0.05) is 6.08 Å². The average Bonchev–Trinajstić information content (AvgIpc) is 1.39. The third-order valence-electron chi connectivity index (χ3n) is 0. The second kappa shape index (κ2) is 16.8. The Morgan fingerprint density at radius 3 is 1.67 bits per heavy atom. The van der Waals surface area contributed by atoms with Crippen molar-refractivity contribution in [1.29, 1.82) is 0 Å². The molecule has 0 heterocycles. The van der Waals surface area contributed by atoms with Crippen LogP contribution in [0.4, 0.5) is 0 Å². The summed E-state index contributed by atoms with van der Waals surface area (Å²) in [4.78, 5) is 0. The van der Waals surface area contributed by atoms with Crippen molar-refractivity contribution in [1.82, 2.24) is 0 Å². The Kier molecular flexibility index (Phi) is 28.1. The molecule has 0 saturated heterocycles. The molecule has 0 saturated carbocycles. The second-order valence-electron chi connectivity index (χ2n) is 0.509. The standard InChI is InChI=1S/C3H6.Br2H2Si/c2*1-3-2/h3H,1H2,2H3;3H2. The van der Waals surface area contributed by atoms with Crippen molar-refractivity contribution in [2.45, 2.75) is 6.92 Å². The zero-order valence-electron chi connectivity index (χ0n) is 3.75. The minimum atomic E-state index is 0.0417. The maximum atomic E-state index is 3.36. The van der Waals surface area contributed by atoms with E-state index < -0.39 is 0 Å². The number of allylic oxidation sites excluding steroid dienone is 1. The van der Waals surface area contributed by atoms with Crippen molar-refractivity contribution in [3.63, 3.8) is 0 Å². The predicted octanol–water partition coefficient (Wildman–Crippen LogP) is 1.97. The van der Waals surface area contributed by atoms with Crippen LogP contribution in [-0.2, 0) is 0 Å². The van der Waals surface area contributed by atoms with Gasteiger partial charge in [-0.25, -0.2) is 0 Å². The van der Waals surface area contributed by atoms with Crippen molar-refractivity contribution in [2.24, 2.45) is 0 Å². The molecule has 0 aliphatic carbocycles.